The number of nitrogens with zero attached hydrogens (tertiary/aromatic N) is 1. The molecule has 1 aromatic heterocycles. The maximum absolute atomic E-state index is 5.99. The van der Waals surface area contributed by atoms with E-state index in [9.17, 15) is 0 Å². The highest BCUT2D eigenvalue weighted by Crippen LogP contribution is 2.24. The van der Waals surface area contributed by atoms with Crippen molar-refractivity contribution in [2.24, 2.45) is 0 Å². The molecule has 0 saturated carbocycles. The minimum Gasteiger partial charge on any atom is -0.485 e. The van der Waals surface area contributed by atoms with E-state index in [4.69, 9.17) is 16.3 Å². The first kappa shape index (κ1) is 12.4. The van der Waals surface area contributed by atoms with Crippen LogP contribution in [0.15, 0.2) is 30.5 Å². The minimum atomic E-state index is 0.456. The molecule has 90 valence electrons. The normalized spacial score (nSPS) is 10.5. The molecule has 1 N–H and O–H groups in total. The molecular weight excluding hydrogens is 256 g/mol. The van der Waals surface area contributed by atoms with Gasteiger partial charge in [-0.2, -0.15) is 0 Å². The lowest BCUT2D eigenvalue weighted by Gasteiger charge is -2.05. The fraction of sp³-hybridized carbons (Fsp3) is 0.250. The fourth-order valence-corrected chi connectivity index (χ4v) is 2.41. The number of aromatic nitrogens is 1. The summed E-state index contributed by atoms with van der Waals surface area (Å²) >= 11 is 7.63. The smallest absolute Gasteiger partial charge is 0.140 e. The van der Waals surface area contributed by atoms with E-state index in [1.54, 1.807) is 11.3 Å². The van der Waals surface area contributed by atoms with Gasteiger partial charge in [-0.05, 0) is 19.2 Å². The largest absolute Gasteiger partial charge is 0.485 e. The molecule has 0 unspecified atom stereocenters. The maximum atomic E-state index is 5.99. The summed E-state index contributed by atoms with van der Waals surface area (Å²) in [6.07, 6.45) is 1.87. The summed E-state index contributed by atoms with van der Waals surface area (Å²) in [6, 6.07) is 7.44. The van der Waals surface area contributed by atoms with Gasteiger partial charge in [0.25, 0.3) is 0 Å². The molecule has 0 amide bonds. The first-order valence-corrected chi connectivity index (χ1v) is 6.44. The van der Waals surface area contributed by atoms with Crippen molar-refractivity contribution in [3.05, 3.63) is 45.4 Å². The third-order valence-electron chi connectivity index (χ3n) is 2.14. The van der Waals surface area contributed by atoms with Gasteiger partial charge >= 0.3 is 0 Å². The van der Waals surface area contributed by atoms with Crippen LogP contribution in [0, 0.1) is 0 Å². The molecule has 17 heavy (non-hydrogen) atoms. The van der Waals surface area contributed by atoms with Crippen LogP contribution < -0.4 is 10.1 Å². The van der Waals surface area contributed by atoms with E-state index < -0.39 is 0 Å². The molecule has 2 aromatic rings. The number of thiazole rings is 1. The third kappa shape index (κ3) is 3.43. The molecule has 0 aliphatic heterocycles. The van der Waals surface area contributed by atoms with E-state index >= 15 is 0 Å². The van der Waals surface area contributed by atoms with Crippen LogP contribution in [0.5, 0.6) is 5.75 Å². The Labute approximate surface area is 109 Å². The quantitative estimate of drug-likeness (QED) is 0.905. The second-order valence-electron chi connectivity index (χ2n) is 3.47. The average molecular weight is 269 g/mol. The molecule has 0 bridgehead atoms. The summed E-state index contributed by atoms with van der Waals surface area (Å²) in [5.41, 5.74) is 0. The van der Waals surface area contributed by atoms with Gasteiger partial charge in [0, 0.05) is 17.6 Å². The molecule has 0 fully saturated rings. The van der Waals surface area contributed by atoms with Gasteiger partial charge in [0.15, 0.2) is 0 Å². The van der Waals surface area contributed by atoms with Gasteiger partial charge in [0.2, 0.25) is 0 Å². The standard InChI is InChI=1S/C12H13ClN2OS/c1-14-6-9-7-15-12(17-9)8-16-11-5-3-2-4-10(11)13/h2-5,7,14H,6,8H2,1H3. The number of nitrogens with one attached hydrogen (secondary N) is 1. The zero-order chi connectivity index (χ0) is 12.1. The topological polar surface area (TPSA) is 34.2 Å². The van der Waals surface area contributed by atoms with Gasteiger partial charge in [-0.3, -0.25) is 0 Å². The predicted molar refractivity (Wildman–Crippen MR) is 70.7 cm³/mol. The Bertz CT molecular complexity index is 487. The van der Waals surface area contributed by atoms with Gasteiger partial charge < -0.3 is 10.1 Å². The van der Waals surface area contributed by atoms with Crippen molar-refractivity contribution in [1.29, 1.82) is 0 Å². The molecule has 5 heteroatoms. The van der Waals surface area contributed by atoms with E-state index in [0.717, 1.165) is 11.6 Å². The Hall–Kier alpha value is -1.10. The summed E-state index contributed by atoms with van der Waals surface area (Å²) < 4.78 is 5.61. The average Bonchev–Trinajstić information content (AvgIpc) is 2.76. The summed E-state index contributed by atoms with van der Waals surface area (Å²) in [4.78, 5) is 5.49. The number of para-hydroxylation sites is 1. The monoisotopic (exact) mass is 268 g/mol. The van der Waals surface area contributed by atoms with Crippen LogP contribution in [0.25, 0.3) is 0 Å². The Morgan fingerprint density at radius 3 is 3.00 bits per heavy atom. The molecule has 0 spiro atoms. The molecule has 0 aliphatic rings. The minimum absolute atomic E-state index is 0.456. The first-order valence-electron chi connectivity index (χ1n) is 5.25. The molecule has 1 heterocycles. The molecule has 2 rings (SSSR count). The van der Waals surface area contributed by atoms with Gasteiger partial charge in [0.1, 0.15) is 17.4 Å². The predicted octanol–water partition coefficient (Wildman–Crippen LogP) is 3.09. The molecule has 0 atom stereocenters. The van der Waals surface area contributed by atoms with Crippen molar-refractivity contribution in [1.82, 2.24) is 10.3 Å². The van der Waals surface area contributed by atoms with E-state index in [0.29, 0.717) is 17.4 Å². The van der Waals surface area contributed by atoms with Gasteiger partial charge in [0.05, 0.1) is 5.02 Å². The SMILES string of the molecule is CNCc1cnc(COc2ccccc2Cl)s1. The van der Waals surface area contributed by atoms with Gasteiger partial charge in [-0.15, -0.1) is 11.3 Å². The lowest BCUT2D eigenvalue weighted by Crippen LogP contribution is -2.02. The molecule has 0 radical (unpaired) electrons. The Morgan fingerprint density at radius 1 is 1.41 bits per heavy atom. The van der Waals surface area contributed by atoms with Gasteiger partial charge in [-0.25, -0.2) is 4.98 Å². The summed E-state index contributed by atoms with van der Waals surface area (Å²) in [5.74, 6) is 0.694. The zero-order valence-corrected chi connectivity index (χ0v) is 11.0. The van der Waals surface area contributed by atoms with Gasteiger partial charge in [-0.1, -0.05) is 23.7 Å². The highest BCUT2D eigenvalue weighted by atomic mass is 35.5. The molecule has 3 nitrogen and oxygen atoms in total. The molecule has 0 saturated heterocycles. The summed E-state index contributed by atoms with van der Waals surface area (Å²) in [7, 11) is 1.92. The summed E-state index contributed by atoms with van der Waals surface area (Å²) in [6.45, 7) is 1.29. The van der Waals surface area contributed by atoms with Crippen LogP contribution in [-0.4, -0.2) is 12.0 Å². The van der Waals surface area contributed by atoms with Crippen LogP contribution in [0.1, 0.15) is 9.88 Å². The Balaban J connectivity index is 1.95. The number of ether oxygens (including phenoxy) is 1. The van der Waals surface area contributed by atoms with E-state index in [1.807, 2.05) is 37.5 Å². The highest BCUT2D eigenvalue weighted by molar-refractivity contribution is 7.11. The lowest BCUT2D eigenvalue weighted by molar-refractivity contribution is 0.306. The summed E-state index contributed by atoms with van der Waals surface area (Å²) in [5, 5.41) is 4.67. The zero-order valence-electron chi connectivity index (χ0n) is 9.44. The second-order valence-corrected chi connectivity index (χ2v) is 5.08. The highest BCUT2D eigenvalue weighted by Gasteiger charge is 2.04. The number of halogens is 1. The van der Waals surface area contributed by atoms with Crippen LogP contribution in [0.4, 0.5) is 0 Å². The fourth-order valence-electron chi connectivity index (χ4n) is 1.37. The van der Waals surface area contributed by atoms with Crippen LogP contribution in [0.3, 0.4) is 0 Å². The van der Waals surface area contributed by atoms with Crippen molar-refractivity contribution in [2.75, 3.05) is 7.05 Å². The lowest BCUT2D eigenvalue weighted by atomic mass is 10.3. The van der Waals surface area contributed by atoms with E-state index in [2.05, 4.69) is 10.3 Å². The molecule has 1 aromatic carbocycles. The number of rotatable bonds is 5. The number of benzene rings is 1. The van der Waals surface area contributed by atoms with Crippen molar-refractivity contribution in [3.8, 4) is 5.75 Å². The number of hydrogen-bond acceptors (Lipinski definition) is 4. The van der Waals surface area contributed by atoms with Crippen LogP contribution >= 0.6 is 22.9 Å². The molecular formula is C12H13ClN2OS. The Morgan fingerprint density at radius 2 is 2.24 bits per heavy atom. The van der Waals surface area contributed by atoms with Crippen molar-refractivity contribution < 1.29 is 4.74 Å². The van der Waals surface area contributed by atoms with Crippen LogP contribution in [0.2, 0.25) is 5.02 Å². The van der Waals surface area contributed by atoms with E-state index in [-0.39, 0.29) is 0 Å². The van der Waals surface area contributed by atoms with Crippen molar-refractivity contribution in [3.63, 3.8) is 0 Å². The third-order valence-corrected chi connectivity index (χ3v) is 3.42. The van der Waals surface area contributed by atoms with Crippen molar-refractivity contribution in [2.45, 2.75) is 13.2 Å². The maximum Gasteiger partial charge on any atom is 0.140 e. The molecule has 0 aliphatic carbocycles. The number of hydrogen-bond donors (Lipinski definition) is 1. The second kappa shape index (κ2) is 6.00. The van der Waals surface area contributed by atoms with Crippen LogP contribution in [-0.2, 0) is 13.2 Å². The Kier molecular flexibility index (Phi) is 4.36. The van der Waals surface area contributed by atoms with Crippen molar-refractivity contribution >= 4 is 22.9 Å². The first-order chi connectivity index (χ1) is 8.29. The van der Waals surface area contributed by atoms with E-state index in [1.165, 1.54) is 4.88 Å².